The maximum atomic E-state index is 13.0. The Labute approximate surface area is 131 Å². The first-order valence-electron chi connectivity index (χ1n) is 5.60. The molecule has 0 aromatic rings. The Bertz CT molecular complexity index is 536. The molecular formula is C10H6F8O7. The molecule has 144 valence electrons. The standard InChI is InChI=1S/C10H6F8O7/c11-7(12,1-3(19)20)9(15,16)5(23)25-6(24)10(17,18)8(13,14)2-4(21)22/h1-2H2,(H,19,20)(H,21,22). The highest BCUT2D eigenvalue weighted by atomic mass is 19.3. The zero-order valence-electron chi connectivity index (χ0n) is 11.4. The minimum absolute atomic E-state index is 2.55. The van der Waals surface area contributed by atoms with E-state index in [9.17, 15) is 54.3 Å². The lowest BCUT2D eigenvalue weighted by Gasteiger charge is -2.25. The number of aliphatic carboxylic acids is 2. The molecule has 0 atom stereocenters. The molecule has 0 saturated carbocycles. The summed E-state index contributed by atoms with van der Waals surface area (Å²) in [5.41, 5.74) is 0. The molecule has 0 aliphatic carbocycles. The largest absolute Gasteiger partial charge is 0.481 e. The van der Waals surface area contributed by atoms with E-state index in [1.165, 1.54) is 0 Å². The van der Waals surface area contributed by atoms with Crippen LogP contribution in [0.5, 0.6) is 0 Å². The van der Waals surface area contributed by atoms with Crippen LogP contribution in [0.15, 0.2) is 0 Å². The number of ether oxygens (including phenoxy) is 1. The van der Waals surface area contributed by atoms with Crippen LogP contribution in [-0.2, 0) is 23.9 Å². The fraction of sp³-hybridized carbons (Fsp3) is 0.600. The van der Waals surface area contributed by atoms with Crippen LogP contribution < -0.4 is 0 Å². The lowest BCUT2D eigenvalue weighted by atomic mass is 10.1. The first-order valence-corrected chi connectivity index (χ1v) is 5.60. The van der Waals surface area contributed by atoms with Crippen LogP contribution in [0.25, 0.3) is 0 Å². The number of rotatable bonds is 8. The van der Waals surface area contributed by atoms with Crippen molar-refractivity contribution in [3.63, 3.8) is 0 Å². The SMILES string of the molecule is O=C(O)CC(F)(F)C(F)(F)C(=O)OC(=O)C(F)(F)C(F)(F)CC(=O)O. The molecule has 25 heavy (non-hydrogen) atoms. The van der Waals surface area contributed by atoms with Crippen molar-refractivity contribution in [1.82, 2.24) is 0 Å². The van der Waals surface area contributed by atoms with E-state index in [1.807, 2.05) is 0 Å². The van der Waals surface area contributed by atoms with E-state index < -0.39 is 60.4 Å². The van der Waals surface area contributed by atoms with Crippen molar-refractivity contribution < 1.29 is 69.3 Å². The fourth-order valence-electron chi connectivity index (χ4n) is 1.11. The van der Waals surface area contributed by atoms with Crippen LogP contribution in [0, 0.1) is 0 Å². The van der Waals surface area contributed by atoms with Gasteiger partial charge in [-0.05, 0) is 0 Å². The average molecular weight is 390 g/mol. The van der Waals surface area contributed by atoms with E-state index in [2.05, 4.69) is 4.74 Å². The van der Waals surface area contributed by atoms with Gasteiger partial charge in [-0.2, -0.15) is 35.1 Å². The zero-order valence-corrected chi connectivity index (χ0v) is 11.4. The molecule has 0 saturated heterocycles. The van der Waals surface area contributed by atoms with Gasteiger partial charge in [-0.3, -0.25) is 9.59 Å². The summed E-state index contributed by atoms with van der Waals surface area (Å²) in [4.78, 5) is 41.5. The highest BCUT2D eigenvalue weighted by Crippen LogP contribution is 2.41. The molecule has 0 aromatic carbocycles. The van der Waals surface area contributed by atoms with Gasteiger partial charge in [0.15, 0.2) is 0 Å². The number of alkyl halides is 8. The third kappa shape index (κ3) is 4.76. The summed E-state index contributed by atoms with van der Waals surface area (Å²) < 4.78 is 106. The van der Waals surface area contributed by atoms with Crippen LogP contribution in [0.4, 0.5) is 35.1 Å². The molecule has 0 heterocycles. The van der Waals surface area contributed by atoms with E-state index in [1.54, 1.807) is 0 Å². The first kappa shape index (κ1) is 22.5. The lowest BCUT2D eigenvalue weighted by molar-refractivity contribution is -0.246. The zero-order chi connectivity index (χ0) is 20.4. The highest BCUT2D eigenvalue weighted by Gasteiger charge is 2.68. The molecule has 2 N–H and O–H groups in total. The summed E-state index contributed by atoms with van der Waals surface area (Å²) >= 11 is 0. The number of carboxylic acid groups (broad SMARTS) is 2. The summed E-state index contributed by atoms with van der Waals surface area (Å²) in [6.07, 6.45) is -5.37. The molecule has 0 aliphatic rings. The summed E-state index contributed by atoms with van der Waals surface area (Å²) in [5, 5.41) is 16.0. The lowest BCUT2D eigenvalue weighted by Crippen LogP contribution is -2.54. The van der Waals surface area contributed by atoms with Crippen molar-refractivity contribution in [3.8, 4) is 0 Å². The Morgan fingerprint density at radius 2 is 0.880 bits per heavy atom. The number of hydrogen-bond acceptors (Lipinski definition) is 5. The Kier molecular flexibility index (Phi) is 6.12. The maximum absolute atomic E-state index is 13.0. The first-order chi connectivity index (χ1) is 10.9. The summed E-state index contributed by atoms with van der Waals surface area (Å²) in [6, 6.07) is 0. The molecule has 0 amide bonds. The van der Waals surface area contributed by atoms with Crippen molar-refractivity contribution in [2.75, 3.05) is 0 Å². The topological polar surface area (TPSA) is 118 Å². The average Bonchev–Trinajstić information content (AvgIpc) is 2.34. The van der Waals surface area contributed by atoms with Gasteiger partial charge in [-0.15, -0.1) is 0 Å². The van der Waals surface area contributed by atoms with Gasteiger partial charge in [0, 0.05) is 0 Å². The molecule has 0 radical (unpaired) electrons. The van der Waals surface area contributed by atoms with E-state index in [-0.39, 0.29) is 0 Å². The molecule has 0 fully saturated rings. The minimum Gasteiger partial charge on any atom is -0.481 e. The van der Waals surface area contributed by atoms with Crippen molar-refractivity contribution in [2.45, 2.75) is 36.5 Å². The van der Waals surface area contributed by atoms with Gasteiger partial charge >= 0.3 is 47.6 Å². The molecule has 0 rings (SSSR count). The third-order valence-corrected chi connectivity index (χ3v) is 2.36. The second kappa shape index (κ2) is 6.79. The molecule has 0 unspecified atom stereocenters. The van der Waals surface area contributed by atoms with Gasteiger partial charge in [-0.25, -0.2) is 9.59 Å². The predicted molar refractivity (Wildman–Crippen MR) is 55.4 cm³/mol. The van der Waals surface area contributed by atoms with Gasteiger partial charge in [0.05, 0.1) is 0 Å². The highest BCUT2D eigenvalue weighted by molar-refractivity contribution is 5.94. The van der Waals surface area contributed by atoms with Gasteiger partial charge in [0.1, 0.15) is 12.8 Å². The monoisotopic (exact) mass is 390 g/mol. The van der Waals surface area contributed by atoms with Crippen LogP contribution in [0.2, 0.25) is 0 Å². The van der Waals surface area contributed by atoms with Gasteiger partial charge < -0.3 is 14.9 Å². The van der Waals surface area contributed by atoms with Gasteiger partial charge in [-0.1, -0.05) is 0 Å². The van der Waals surface area contributed by atoms with Crippen molar-refractivity contribution in [2.24, 2.45) is 0 Å². The molecule has 7 nitrogen and oxygen atoms in total. The normalized spacial score (nSPS) is 13.3. The Morgan fingerprint density at radius 3 is 1.08 bits per heavy atom. The van der Waals surface area contributed by atoms with Crippen LogP contribution in [0.3, 0.4) is 0 Å². The Morgan fingerprint density at radius 1 is 0.640 bits per heavy atom. The second-order valence-corrected chi connectivity index (χ2v) is 4.38. The third-order valence-electron chi connectivity index (χ3n) is 2.36. The molecule has 0 bridgehead atoms. The minimum atomic E-state index is -6.14. The summed E-state index contributed by atoms with van der Waals surface area (Å²) in [5.74, 6) is -36.3. The molecule has 0 aromatic heterocycles. The van der Waals surface area contributed by atoms with Crippen molar-refractivity contribution >= 4 is 23.9 Å². The second-order valence-electron chi connectivity index (χ2n) is 4.38. The van der Waals surface area contributed by atoms with Crippen LogP contribution >= 0.6 is 0 Å². The number of carbonyl (C=O) groups is 4. The van der Waals surface area contributed by atoms with Crippen LogP contribution in [-0.4, -0.2) is 57.8 Å². The summed E-state index contributed by atoms with van der Waals surface area (Å²) in [6.45, 7) is 0. The van der Waals surface area contributed by atoms with E-state index in [4.69, 9.17) is 10.2 Å². The van der Waals surface area contributed by atoms with Gasteiger partial charge in [0.2, 0.25) is 0 Å². The van der Waals surface area contributed by atoms with E-state index in [0.29, 0.717) is 0 Å². The predicted octanol–water partition coefficient (Wildman–Crippen LogP) is 1.55. The molecule has 15 heteroatoms. The number of carboxylic acids is 2. The fourth-order valence-corrected chi connectivity index (χ4v) is 1.11. The maximum Gasteiger partial charge on any atom is 0.405 e. The Hall–Kier alpha value is -2.48. The van der Waals surface area contributed by atoms with Crippen LogP contribution in [0.1, 0.15) is 12.8 Å². The Balaban J connectivity index is 5.44. The summed E-state index contributed by atoms with van der Waals surface area (Å²) in [7, 11) is 0. The van der Waals surface area contributed by atoms with Gasteiger partial charge in [0.25, 0.3) is 0 Å². The van der Waals surface area contributed by atoms with Crippen molar-refractivity contribution in [3.05, 3.63) is 0 Å². The van der Waals surface area contributed by atoms with E-state index >= 15 is 0 Å². The molecule has 0 aliphatic heterocycles. The molecule has 0 spiro atoms. The van der Waals surface area contributed by atoms with Crippen molar-refractivity contribution in [1.29, 1.82) is 0 Å². The smallest absolute Gasteiger partial charge is 0.405 e. The van der Waals surface area contributed by atoms with E-state index in [0.717, 1.165) is 0 Å². The number of halogens is 8. The molecular weight excluding hydrogens is 384 g/mol. The number of esters is 2. The quantitative estimate of drug-likeness (QED) is 0.367. The number of carbonyl (C=O) groups excluding carboxylic acids is 2. The number of hydrogen-bond donors (Lipinski definition) is 2.